The van der Waals surface area contributed by atoms with E-state index >= 15 is 0 Å². The van der Waals surface area contributed by atoms with Gasteiger partial charge >= 0.3 is 0 Å². The molecule has 4 heteroatoms. The van der Waals surface area contributed by atoms with Crippen LogP contribution in [0.3, 0.4) is 0 Å². The fourth-order valence-corrected chi connectivity index (χ4v) is 1.90. The van der Waals surface area contributed by atoms with Crippen LogP contribution in [0.25, 0.3) is 10.9 Å². The molecule has 3 nitrogen and oxygen atoms in total. The molecule has 0 amide bonds. The number of benzene rings is 1. The Morgan fingerprint density at radius 2 is 2.14 bits per heavy atom. The molecule has 14 heavy (non-hydrogen) atoms. The summed E-state index contributed by atoms with van der Waals surface area (Å²) in [5.41, 5.74) is 7.70. The monoisotopic (exact) mass is 209 g/mol. The quantitative estimate of drug-likeness (QED) is 0.759. The van der Waals surface area contributed by atoms with Crippen molar-refractivity contribution in [2.75, 3.05) is 5.73 Å². The predicted molar refractivity (Wildman–Crippen MR) is 59.6 cm³/mol. The van der Waals surface area contributed by atoms with E-state index in [0.29, 0.717) is 11.7 Å². The minimum Gasteiger partial charge on any atom is -0.382 e. The Kier molecular flexibility index (Phi) is 2.11. The van der Waals surface area contributed by atoms with Crippen molar-refractivity contribution < 1.29 is 0 Å². The first-order valence-corrected chi connectivity index (χ1v) is 4.90. The lowest BCUT2D eigenvalue weighted by Gasteiger charge is -2.07. The van der Waals surface area contributed by atoms with Crippen LogP contribution in [0, 0.1) is 0 Å². The van der Waals surface area contributed by atoms with Gasteiger partial charge in [-0.3, -0.25) is 5.10 Å². The third-order valence-electron chi connectivity index (χ3n) is 2.33. The molecule has 2 rings (SSSR count). The maximum atomic E-state index is 6.12. The van der Waals surface area contributed by atoms with E-state index in [1.807, 2.05) is 12.1 Å². The van der Waals surface area contributed by atoms with Crippen LogP contribution in [0.4, 0.5) is 5.82 Å². The molecule has 1 aromatic carbocycles. The number of fused-ring (bicyclic) bond motifs is 1. The zero-order valence-electron chi connectivity index (χ0n) is 8.13. The summed E-state index contributed by atoms with van der Waals surface area (Å²) in [6, 6.07) is 3.87. The number of aromatic nitrogens is 2. The lowest BCUT2D eigenvalue weighted by atomic mass is 10.0. The van der Waals surface area contributed by atoms with Crippen LogP contribution >= 0.6 is 11.6 Å². The van der Waals surface area contributed by atoms with Crippen LogP contribution in [0.2, 0.25) is 5.02 Å². The molecule has 0 saturated carbocycles. The van der Waals surface area contributed by atoms with Gasteiger partial charge in [0.2, 0.25) is 0 Å². The van der Waals surface area contributed by atoms with E-state index in [-0.39, 0.29) is 0 Å². The minimum atomic E-state index is 0.390. The number of nitrogens with one attached hydrogen (secondary N) is 1. The summed E-state index contributed by atoms with van der Waals surface area (Å²) < 4.78 is 0. The first-order valence-electron chi connectivity index (χ1n) is 4.52. The van der Waals surface area contributed by atoms with Crippen LogP contribution in [0.1, 0.15) is 25.3 Å². The zero-order chi connectivity index (χ0) is 10.3. The molecule has 0 fully saturated rings. The van der Waals surface area contributed by atoms with E-state index < -0.39 is 0 Å². The van der Waals surface area contributed by atoms with Gasteiger partial charge in [0.1, 0.15) is 0 Å². The Bertz CT molecular complexity index is 473. The number of aromatic amines is 1. The number of hydrogen-bond acceptors (Lipinski definition) is 2. The molecular formula is C10H12ClN3. The molecule has 2 aromatic rings. The molecule has 0 aliphatic heterocycles. The van der Waals surface area contributed by atoms with E-state index in [2.05, 4.69) is 24.0 Å². The van der Waals surface area contributed by atoms with Crippen molar-refractivity contribution in [3.8, 4) is 0 Å². The molecular weight excluding hydrogens is 198 g/mol. The van der Waals surface area contributed by atoms with E-state index in [9.17, 15) is 0 Å². The Balaban J connectivity index is 2.74. The van der Waals surface area contributed by atoms with Crippen molar-refractivity contribution in [2.24, 2.45) is 0 Å². The van der Waals surface area contributed by atoms with Crippen molar-refractivity contribution in [2.45, 2.75) is 19.8 Å². The van der Waals surface area contributed by atoms with Gasteiger partial charge in [-0.1, -0.05) is 25.4 Å². The summed E-state index contributed by atoms with van der Waals surface area (Å²) in [4.78, 5) is 0. The van der Waals surface area contributed by atoms with Crippen molar-refractivity contribution in [1.82, 2.24) is 10.2 Å². The van der Waals surface area contributed by atoms with E-state index in [0.717, 1.165) is 21.5 Å². The zero-order valence-corrected chi connectivity index (χ0v) is 8.89. The summed E-state index contributed by atoms with van der Waals surface area (Å²) in [5, 5.41) is 8.47. The molecule has 0 aliphatic carbocycles. The van der Waals surface area contributed by atoms with Gasteiger partial charge in [0, 0.05) is 10.4 Å². The summed E-state index contributed by atoms with van der Waals surface area (Å²) in [7, 11) is 0. The van der Waals surface area contributed by atoms with Crippen LogP contribution in [-0.2, 0) is 0 Å². The average molecular weight is 210 g/mol. The highest BCUT2D eigenvalue weighted by Gasteiger charge is 2.09. The summed E-state index contributed by atoms with van der Waals surface area (Å²) in [6.45, 7) is 4.20. The number of hydrogen-bond donors (Lipinski definition) is 2. The van der Waals surface area contributed by atoms with Gasteiger partial charge in [0.05, 0.1) is 5.52 Å². The van der Waals surface area contributed by atoms with Gasteiger partial charge in [0.15, 0.2) is 5.82 Å². The molecule has 74 valence electrons. The van der Waals surface area contributed by atoms with Crippen LogP contribution in [0.5, 0.6) is 0 Å². The topological polar surface area (TPSA) is 54.7 Å². The van der Waals surface area contributed by atoms with Gasteiger partial charge in [-0.15, -0.1) is 0 Å². The molecule has 3 N–H and O–H groups in total. The molecule has 0 spiro atoms. The Morgan fingerprint density at radius 1 is 1.43 bits per heavy atom. The van der Waals surface area contributed by atoms with Gasteiger partial charge in [-0.25, -0.2) is 0 Å². The van der Waals surface area contributed by atoms with E-state index in [1.54, 1.807) is 0 Å². The first kappa shape index (κ1) is 9.34. The van der Waals surface area contributed by atoms with Gasteiger partial charge in [-0.2, -0.15) is 5.10 Å². The minimum absolute atomic E-state index is 0.390. The van der Waals surface area contributed by atoms with Gasteiger partial charge < -0.3 is 5.73 Å². The largest absolute Gasteiger partial charge is 0.382 e. The number of halogens is 1. The molecule has 1 heterocycles. The Hall–Kier alpha value is -1.22. The van der Waals surface area contributed by atoms with Crippen LogP contribution < -0.4 is 5.73 Å². The lowest BCUT2D eigenvalue weighted by Crippen LogP contribution is -1.90. The van der Waals surface area contributed by atoms with Gasteiger partial charge in [-0.05, 0) is 23.6 Å². The van der Waals surface area contributed by atoms with E-state index in [4.69, 9.17) is 17.3 Å². The van der Waals surface area contributed by atoms with E-state index in [1.165, 1.54) is 0 Å². The van der Waals surface area contributed by atoms with Gasteiger partial charge in [0.25, 0.3) is 0 Å². The lowest BCUT2D eigenvalue weighted by molar-refractivity contribution is 0.869. The molecule has 0 unspecified atom stereocenters. The third kappa shape index (κ3) is 1.34. The molecule has 0 saturated heterocycles. The molecule has 1 aromatic heterocycles. The number of rotatable bonds is 1. The van der Waals surface area contributed by atoms with Crippen molar-refractivity contribution in [1.29, 1.82) is 0 Å². The second-order valence-electron chi connectivity index (χ2n) is 3.68. The highest BCUT2D eigenvalue weighted by atomic mass is 35.5. The van der Waals surface area contributed by atoms with Crippen LogP contribution in [0.15, 0.2) is 12.1 Å². The summed E-state index contributed by atoms with van der Waals surface area (Å²) in [5.74, 6) is 0.916. The fourth-order valence-electron chi connectivity index (χ4n) is 1.52. The standard InChI is InChI=1S/C10H12ClN3/c1-5(2)6-3-7-9(4-8(6)11)13-14-10(7)12/h3-5H,1-2H3,(H3,12,13,14). The van der Waals surface area contributed by atoms with Crippen molar-refractivity contribution in [3.63, 3.8) is 0 Å². The SMILES string of the molecule is CC(C)c1cc2c(N)n[nH]c2cc1Cl. The third-order valence-corrected chi connectivity index (χ3v) is 2.66. The second-order valence-corrected chi connectivity index (χ2v) is 4.09. The second kappa shape index (κ2) is 3.17. The number of nitrogens with two attached hydrogens (primary N) is 1. The van der Waals surface area contributed by atoms with Crippen molar-refractivity contribution in [3.05, 3.63) is 22.7 Å². The Labute approximate surface area is 87.2 Å². The molecule has 0 bridgehead atoms. The number of nitrogen functional groups attached to an aromatic ring is 1. The predicted octanol–water partition coefficient (Wildman–Crippen LogP) is 2.92. The maximum absolute atomic E-state index is 6.12. The number of anilines is 1. The fraction of sp³-hybridized carbons (Fsp3) is 0.300. The average Bonchev–Trinajstić information content (AvgIpc) is 2.46. The number of H-pyrrole nitrogens is 1. The Morgan fingerprint density at radius 3 is 2.79 bits per heavy atom. The summed E-state index contributed by atoms with van der Waals surface area (Å²) >= 11 is 6.12. The smallest absolute Gasteiger partial charge is 0.153 e. The molecule has 0 atom stereocenters. The highest BCUT2D eigenvalue weighted by Crippen LogP contribution is 2.30. The molecule has 0 aliphatic rings. The van der Waals surface area contributed by atoms with Crippen molar-refractivity contribution >= 4 is 28.3 Å². The number of nitrogens with zero attached hydrogens (tertiary/aromatic N) is 1. The normalized spacial score (nSPS) is 11.4. The van der Waals surface area contributed by atoms with Crippen LogP contribution in [-0.4, -0.2) is 10.2 Å². The summed E-state index contributed by atoms with van der Waals surface area (Å²) in [6.07, 6.45) is 0. The first-order chi connectivity index (χ1) is 6.59. The maximum Gasteiger partial charge on any atom is 0.153 e. The molecule has 0 radical (unpaired) electrons. The highest BCUT2D eigenvalue weighted by molar-refractivity contribution is 6.32.